The van der Waals surface area contributed by atoms with Gasteiger partial charge in [0, 0.05) is 5.56 Å². The lowest BCUT2D eigenvalue weighted by atomic mass is 10.1. The van der Waals surface area contributed by atoms with E-state index in [-0.39, 0.29) is 0 Å². The molecule has 1 heterocycles. The molecule has 82 valence electrons. The number of hydrogen-bond acceptors (Lipinski definition) is 3. The van der Waals surface area contributed by atoms with Crippen molar-refractivity contribution in [1.82, 2.24) is 10.2 Å². The van der Waals surface area contributed by atoms with Crippen LogP contribution in [0.15, 0.2) is 36.4 Å². The average molecular weight is 213 g/mol. The maximum Gasteiger partial charge on any atom is 0.0929 e. The van der Waals surface area contributed by atoms with Gasteiger partial charge in [-0.05, 0) is 43.7 Å². The van der Waals surface area contributed by atoms with E-state index in [0.29, 0.717) is 6.54 Å². The second kappa shape index (κ2) is 4.86. The molecule has 0 radical (unpaired) electrons. The summed E-state index contributed by atoms with van der Waals surface area (Å²) in [6, 6.07) is 12.2. The number of rotatable bonds is 3. The molecule has 0 atom stereocenters. The van der Waals surface area contributed by atoms with E-state index in [2.05, 4.69) is 22.3 Å². The van der Waals surface area contributed by atoms with Crippen LogP contribution in [0.4, 0.5) is 0 Å². The summed E-state index contributed by atoms with van der Waals surface area (Å²) in [6.07, 6.45) is 0.896. The highest BCUT2D eigenvalue weighted by molar-refractivity contribution is 5.59. The molecule has 0 amide bonds. The normalized spacial score (nSPS) is 10.4. The summed E-state index contributed by atoms with van der Waals surface area (Å²) in [5, 5.41) is 8.22. The number of aryl methyl sites for hydroxylation is 1. The average Bonchev–Trinajstić information content (AvgIpc) is 2.31. The molecule has 0 aliphatic heterocycles. The van der Waals surface area contributed by atoms with Crippen LogP contribution in [0.25, 0.3) is 11.3 Å². The molecule has 2 N–H and O–H groups in total. The van der Waals surface area contributed by atoms with Crippen molar-refractivity contribution in [3.05, 3.63) is 47.7 Å². The second-order valence-electron chi connectivity index (χ2n) is 3.80. The van der Waals surface area contributed by atoms with E-state index in [1.54, 1.807) is 0 Å². The van der Waals surface area contributed by atoms with Gasteiger partial charge in [0.2, 0.25) is 0 Å². The van der Waals surface area contributed by atoms with Gasteiger partial charge in [-0.3, -0.25) is 0 Å². The number of aromatic nitrogens is 2. The lowest BCUT2D eigenvalue weighted by Gasteiger charge is -2.03. The standard InChI is InChI=1S/C13H15N3/c1-10-5-6-13(16-15-10)12-4-2-3-11(9-12)7-8-14/h2-6,9H,7-8,14H2,1H3. The molecule has 0 aliphatic rings. The van der Waals surface area contributed by atoms with Crippen LogP contribution in [-0.4, -0.2) is 16.7 Å². The third-order valence-corrected chi connectivity index (χ3v) is 2.45. The SMILES string of the molecule is Cc1ccc(-c2cccc(CCN)c2)nn1. The van der Waals surface area contributed by atoms with E-state index in [4.69, 9.17) is 5.73 Å². The van der Waals surface area contributed by atoms with Crippen LogP contribution in [-0.2, 0) is 6.42 Å². The van der Waals surface area contributed by atoms with Crippen molar-refractivity contribution in [2.75, 3.05) is 6.54 Å². The molecule has 2 rings (SSSR count). The molecule has 0 saturated heterocycles. The highest BCUT2D eigenvalue weighted by Gasteiger charge is 2.00. The minimum absolute atomic E-state index is 0.670. The number of hydrogen-bond donors (Lipinski definition) is 1. The van der Waals surface area contributed by atoms with Crippen molar-refractivity contribution in [3.63, 3.8) is 0 Å². The lowest BCUT2D eigenvalue weighted by molar-refractivity contribution is 0.965. The van der Waals surface area contributed by atoms with E-state index in [1.165, 1.54) is 5.56 Å². The molecular formula is C13H15N3. The highest BCUT2D eigenvalue weighted by Crippen LogP contribution is 2.17. The highest BCUT2D eigenvalue weighted by atomic mass is 15.1. The van der Waals surface area contributed by atoms with Gasteiger partial charge in [0.1, 0.15) is 0 Å². The predicted octanol–water partition coefficient (Wildman–Crippen LogP) is 1.95. The number of nitrogens with zero attached hydrogens (tertiary/aromatic N) is 2. The molecule has 16 heavy (non-hydrogen) atoms. The van der Waals surface area contributed by atoms with Crippen LogP contribution in [0.2, 0.25) is 0 Å². The van der Waals surface area contributed by atoms with E-state index in [9.17, 15) is 0 Å². The Balaban J connectivity index is 2.32. The van der Waals surface area contributed by atoms with Crippen LogP contribution in [0.3, 0.4) is 0 Å². The Hall–Kier alpha value is -1.74. The molecule has 0 fully saturated rings. The predicted molar refractivity (Wildman–Crippen MR) is 65.0 cm³/mol. The minimum atomic E-state index is 0.670. The van der Waals surface area contributed by atoms with Gasteiger partial charge >= 0.3 is 0 Å². The van der Waals surface area contributed by atoms with Gasteiger partial charge in [0.25, 0.3) is 0 Å². The molecule has 0 saturated carbocycles. The quantitative estimate of drug-likeness (QED) is 0.847. The largest absolute Gasteiger partial charge is 0.330 e. The Morgan fingerprint density at radius 1 is 1.12 bits per heavy atom. The molecule has 2 aromatic rings. The van der Waals surface area contributed by atoms with Crippen molar-refractivity contribution >= 4 is 0 Å². The Bertz CT molecular complexity index is 463. The molecule has 0 spiro atoms. The zero-order valence-corrected chi connectivity index (χ0v) is 9.35. The molecule has 3 heteroatoms. The molecule has 1 aromatic heterocycles. The van der Waals surface area contributed by atoms with Gasteiger partial charge in [0.05, 0.1) is 11.4 Å². The maximum absolute atomic E-state index is 5.54. The summed E-state index contributed by atoms with van der Waals surface area (Å²) < 4.78 is 0. The fourth-order valence-corrected chi connectivity index (χ4v) is 1.61. The number of nitrogens with two attached hydrogens (primary N) is 1. The summed E-state index contributed by atoms with van der Waals surface area (Å²) in [4.78, 5) is 0. The van der Waals surface area contributed by atoms with Gasteiger partial charge in [-0.25, -0.2) is 0 Å². The van der Waals surface area contributed by atoms with E-state index in [0.717, 1.165) is 23.4 Å². The first-order chi connectivity index (χ1) is 7.79. The molecule has 1 aromatic carbocycles. The Kier molecular flexibility index (Phi) is 3.27. The van der Waals surface area contributed by atoms with Crippen molar-refractivity contribution in [1.29, 1.82) is 0 Å². The van der Waals surface area contributed by atoms with Gasteiger partial charge in [-0.1, -0.05) is 18.2 Å². The first-order valence-corrected chi connectivity index (χ1v) is 5.39. The van der Waals surface area contributed by atoms with Crippen molar-refractivity contribution in [2.45, 2.75) is 13.3 Å². The first-order valence-electron chi connectivity index (χ1n) is 5.39. The third kappa shape index (κ3) is 2.44. The summed E-state index contributed by atoms with van der Waals surface area (Å²) in [6.45, 7) is 2.60. The number of benzene rings is 1. The van der Waals surface area contributed by atoms with Crippen LogP contribution in [0, 0.1) is 6.92 Å². The smallest absolute Gasteiger partial charge is 0.0929 e. The van der Waals surface area contributed by atoms with Crippen molar-refractivity contribution in [2.24, 2.45) is 5.73 Å². The summed E-state index contributed by atoms with van der Waals surface area (Å²) in [7, 11) is 0. The van der Waals surface area contributed by atoms with E-state index >= 15 is 0 Å². The molecule has 0 aliphatic carbocycles. The van der Waals surface area contributed by atoms with Gasteiger partial charge in [-0.15, -0.1) is 0 Å². The fraction of sp³-hybridized carbons (Fsp3) is 0.231. The topological polar surface area (TPSA) is 51.8 Å². The van der Waals surface area contributed by atoms with Crippen LogP contribution in [0.5, 0.6) is 0 Å². The molecule has 0 bridgehead atoms. The van der Waals surface area contributed by atoms with Crippen LogP contribution in [0.1, 0.15) is 11.3 Å². The first kappa shape index (κ1) is 10.8. The zero-order valence-electron chi connectivity index (χ0n) is 9.35. The monoisotopic (exact) mass is 213 g/mol. The molecule has 3 nitrogen and oxygen atoms in total. The fourth-order valence-electron chi connectivity index (χ4n) is 1.61. The van der Waals surface area contributed by atoms with Crippen molar-refractivity contribution < 1.29 is 0 Å². The summed E-state index contributed by atoms with van der Waals surface area (Å²) in [5.74, 6) is 0. The Morgan fingerprint density at radius 2 is 2.00 bits per heavy atom. The van der Waals surface area contributed by atoms with E-state index in [1.807, 2.05) is 31.2 Å². The Labute approximate surface area is 95.3 Å². The van der Waals surface area contributed by atoms with Gasteiger partial charge in [-0.2, -0.15) is 10.2 Å². The zero-order chi connectivity index (χ0) is 11.4. The van der Waals surface area contributed by atoms with Crippen molar-refractivity contribution in [3.8, 4) is 11.3 Å². The lowest BCUT2D eigenvalue weighted by Crippen LogP contribution is -2.02. The van der Waals surface area contributed by atoms with Crippen LogP contribution >= 0.6 is 0 Å². The maximum atomic E-state index is 5.54. The van der Waals surface area contributed by atoms with Gasteiger partial charge < -0.3 is 5.73 Å². The summed E-state index contributed by atoms with van der Waals surface area (Å²) >= 11 is 0. The molecular weight excluding hydrogens is 198 g/mol. The minimum Gasteiger partial charge on any atom is -0.330 e. The second-order valence-corrected chi connectivity index (χ2v) is 3.80. The Morgan fingerprint density at radius 3 is 2.69 bits per heavy atom. The summed E-state index contributed by atoms with van der Waals surface area (Å²) in [5.41, 5.74) is 9.71. The third-order valence-electron chi connectivity index (χ3n) is 2.45. The molecule has 0 unspecified atom stereocenters. The van der Waals surface area contributed by atoms with E-state index < -0.39 is 0 Å². The van der Waals surface area contributed by atoms with Gasteiger partial charge in [0.15, 0.2) is 0 Å². The van der Waals surface area contributed by atoms with Crippen LogP contribution < -0.4 is 5.73 Å².